The number of para-hydroxylation sites is 3. The molecule has 0 aliphatic rings. The monoisotopic (exact) mass is 402 g/mol. The molecule has 152 valence electrons. The Balaban J connectivity index is 1.58. The minimum Gasteiger partial charge on any atom is -0.343 e. The molecule has 0 aliphatic heterocycles. The number of nitrogens with zero attached hydrogens (tertiary/aromatic N) is 4. The molecule has 2 amide bonds. The molecular weight excluding hydrogens is 380 g/mol. The average Bonchev–Trinajstić information content (AvgIpc) is 3.33. The van der Waals surface area contributed by atoms with E-state index in [4.69, 9.17) is 0 Å². The van der Waals surface area contributed by atoms with E-state index in [2.05, 4.69) is 25.3 Å². The van der Waals surface area contributed by atoms with Crippen LogP contribution in [0.4, 0.5) is 5.82 Å². The molecule has 8 nitrogen and oxygen atoms in total. The summed E-state index contributed by atoms with van der Waals surface area (Å²) in [5.41, 5.74) is 2.88. The Bertz CT molecular complexity index is 1210. The van der Waals surface area contributed by atoms with Gasteiger partial charge in [-0.1, -0.05) is 30.3 Å². The van der Waals surface area contributed by atoms with Crippen LogP contribution in [0.2, 0.25) is 0 Å². The van der Waals surface area contributed by atoms with Crippen LogP contribution in [0.1, 0.15) is 30.2 Å². The van der Waals surface area contributed by atoms with Crippen LogP contribution in [-0.2, 0) is 17.9 Å². The number of benzene rings is 2. The second-order valence-corrected chi connectivity index (χ2v) is 6.79. The predicted molar refractivity (Wildman–Crippen MR) is 114 cm³/mol. The molecule has 0 spiro atoms. The maximum Gasteiger partial charge on any atom is 0.272 e. The Hall–Kier alpha value is -3.94. The highest BCUT2D eigenvalue weighted by Gasteiger charge is 2.17. The van der Waals surface area contributed by atoms with E-state index in [9.17, 15) is 9.59 Å². The number of hydrogen-bond donors (Lipinski definition) is 2. The molecule has 2 aromatic carbocycles. The molecule has 4 aromatic rings. The smallest absolute Gasteiger partial charge is 0.272 e. The molecule has 0 saturated carbocycles. The first-order valence-corrected chi connectivity index (χ1v) is 9.72. The normalized spacial score (nSPS) is 10.9. The number of aromatic nitrogens is 4. The van der Waals surface area contributed by atoms with Gasteiger partial charge in [0.1, 0.15) is 11.6 Å². The summed E-state index contributed by atoms with van der Waals surface area (Å²) in [6, 6.07) is 18.8. The molecule has 0 bridgehead atoms. The molecule has 30 heavy (non-hydrogen) atoms. The maximum absolute atomic E-state index is 12.8. The number of carbonyl (C=O) groups is 2. The fraction of sp³-hybridized carbons (Fsp3) is 0.182. The van der Waals surface area contributed by atoms with Crippen molar-refractivity contribution in [2.24, 2.45) is 0 Å². The van der Waals surface area contributed by atoms with Crippen LogP contribution in [0.25, 0.3) is 16.7 Å². The first-order valence-electron chi connectivity index (χ1n) is 9.72. The largest absolute Gasteiger partial charge is 0.343 e. The summed E-state index contributed by atoms with van der Waals surface area (Å²) in [5, 5.41) is 10.0. The zero-order valence-corrected chi connectivity index (χ0v) is 16.8. The first-order chi connectivity index (χ1) is 14.6. The van der Waals surface area contributed by atoms with Gasteiger partial charge in [-0.2, -0.15) is 5.10 Å². The van der Waals surface area contributed by atoms with Crippen LogP contribution < -0.4 is 10.6 Å². The third-order valence-electron chi connectivity index (χ3n) is 4.70. The molecule has 0 saturated heterocycles. The number of aryl methyl sites for hydroxylation is 1. The highest BCUT2D eigenvalue weighted by atomic mass is 16.2. The zero-order valence-electron chi connectivity index (χ0n) is 16.8. The SMILES string of the molecule is CCn1c(CNC(=O)c2cc(NC(C)=O)n(-c3ccccc3)n2)nc2ccccc21. The summed E-state index contributed by atoms with van der Waals surface area (Å²) in [4.78, 5) is 29.0. The van der Waals surface area contributed by atoms with Gasteiger partial charge in [0.2, 0.25) is 5.91 Å². The van der Waals surface area contributed by atoms with E-state index in [0.717, 1.165) is 29.1 Å². The van der Waals surface area contributed by atoms with Gasteiger partial charge in [-0.3, -0.25) is 9.59 Å². The molecule has 0 unspecified atom stereocenters. The van der Waals surface area contributed by atoms with Crippen LogP contribution in [0, 0.1) is 0 Å². The van der Waals surface area contributed by atoms with Crippen molar-refractivity contribution >= 4 is 28.7 Å². The Morgan fingerprint density at radius 3 is 2.50 bits per heavy atom. The van der Waals surface area contributed by atoms with Crippen molar-refractivity contribution in [3.05, 3.63) is 72.2 Å². The second-order valence-electron chi connectivity index (χ2n) is 6.79. The lowest BCUT2D eigenvalue weighted by atomic mass is 10.3. The Morgan fingerprint density at radius 2 is 1.77 bits per heavy atom. The van der Waals surface area contributed by atoms with Crippen LogP contribution in [0.3, 0.4) is 0 Å². The standard InChI is InChI=1S/C22H22N6O2/c1-3-27-19-12-8-7-11-17(19)25-21(27)14-23-22(30)18-13-20(24-15(2)29)28(26-18)16-9-5-4-6-10-16/h4-13H,3,14H2,1-2H3,(H,23,30)(H,24,29). The van der Waals surface area contributed by atoms with E-state index >= 15 is 0 Å². The van der Waals surface area contributed by atoms with E-state index in [1.807, 2.05) is 61.5 Å². The minimum atomic E-state index is -0.342. The van der Waals surface area contributed by atoms with Crippen molar-refractivity contribution in [3.63, 3.8) is 0 Å². The number of anilines is 1. The molecule has 4 rings (SSSR count). The second kappa shape index (κ2) is 8.20. The fourth-order valence-corrected chi connectivity index (χ4v) is 3.39. The van der Waals surface area contributed by atoms with Crippen LogP contribution in [0.15, 0.2) is 60.7 Å². The lowest BCUT2D eigenvalue weighted by molar-refractivity contribution is -0.114. The third-order valence-corrected chi connectivity index (χ3v) is 4.70. The number of rotatable bonds is 6. The van der Waals surface area contributed by atoms with E-state index in [1.165, 1.54) is 11.6 Å². The number of imidazole rings is 1. The average molecular weight is 402 g/mol. The van der Waals surface area contributed by atoms with Crippen molar-refractivity contribution in [1.82, 2.24) is 24.6 Å². The highest BCUT2D eigenvalue weighted by Crippen LogP contribution is 2.18. The van der Waals surface area contributed by atoms with Gasteiger partial charge in [0.25, 0.3) is 5.91 Å². The van der Waals surface area contributed by atoms with Gasteiger partial charge in [-0.15, -0.1) is 0 Å². The molecule has 0 aliphatic carbocycles. The van der Waals surface area contributed by atoms with Gasteiger partial charge in [0, 0.05) is 19.5 Å². The quantitative estimate of drug-likeness (QED) is 0.518. The predicted octanol–water partition coefficient (Wildman–Crippen LogP) is 3.13. The molecule has 0 radical (unpaired) electrons. The first kappa shape index (κ1) is 19.4. The number of carbonyl (C=O) groups excluding carboxylic acids is 2. The maximum atomic E-state index is 12.8. The van der Waals surface area contributed by atoms with Gasteiger partial charge in [0.05, 0.1) is 23.3 Å². The Kier molecular flexibility index (Phi) is 5.30. The van der Waals surface area contributed by atoms with E-state index in [-0.39, 0.29) is 24.1 Å². The lowest BCUT2D eigenvalue weighted by Gasteiger charge is -2.07. The molecule has 2 heterocycles. The molecule has 2 N–H and O–H groups in total. The zero-order chi connectivity index (χ0) is 21.1. The third kappa shape index (κ3) is 3.80. The molecular formula is C22H22N6O2. The van der Waals surface area contributed by atoms with Crippen LogP contribution >= 0.6 is 0 Å². The summed E-state index contributed by atoms with van der Waals surface area (Å²) in [6.45, 7) is 4.48. The summed E-state index contributed by atoms with van der Waals surface area (Å²) in [6.07, 6.45) is 0. The number of fused-ring (bicyclic) bond motifs is 1. The number of hydrogen-bond acceptors (Lipinski definition) is 4. The highest BCUT2D eigenvalue weighted by molar-refractivity contribution is 5.95. The van der Waals surface area contributed by atoms with Crippen molar-refractivity contribution < 1.29 is 9.59 Å². The molecule has 0 fully saturated rings. The fourth-order valence-electron chi connectivity index (χ4n) is 3.39. The van der Waals surface area contributed by atoms with Gasteiger partial charge in [-0.25, -0.2) is 9.67 Å². The van der Waals surface area contributed by atoms with Gasteiger partial charge in [-0.05, 0) is 31.2 Å². The summed E-state index contributed by atoms with van der Waals surface area (Å²) < 4.78 is 3.61. The van der Waals surface area contributed by atoms with Crippen molar-refractivity contribution in [2.45, 2.75) is 26.9 Å². The summed E-state index contributed by atoms with van der Waals surface area (Å²) in [7, 11) is 0. The minimum absolute atomic E-state index is 0.210. The van der Waals surface area contributed by atoms with E-state index in [1.54, 1.807) is 6.07 Å². The summed E-state index contributed by atoms with van der Waals surface area (Å²) >= 11 is 0. The van der Waals surface area contributed by atoms with E-state index < -0.39 is 0 Å². The Labute approximate surface area is 173 Å². The van der Waals surface area contributed by atoms with E-state index in [0.29, 0.717) is 5.82 Å². The van der Waals surface area contributed by atoms with Crippen molar-refractivity contribution in [2.75, 3.05) is 5.32 Å². The molecule has 8 heteroatoms. The molecule has 2 aromatic heterocycles. The number of nitrogens with one attached hydrogen (secondary N) is 2. The number of amides is 2. The van der Waals surface area contributed by atoms with Crippen LogP contribution in [-0.4, -0.2) is 31.1 Å². The summed E-state index contributed by atoms with van der Waals surface area (Å²) in [5.74, 6) is 0.623. The van der Waals surface area contributed by atoms with Crippen LogP contribution in [0.5, 0.6) is 0 Å². The van der Waals surface area contributed by atoms with Crippen molar-refractivity contribution in [3.8, 4) is 5.69 Å². The topological polar surface area (TPSA) is 93.8 Å². The van der Waals surface area contributed by atoms with Crippen molar-refractivity contribution in [1.29, 1.82) is 0 Å². The Morgan fingerprint density at radius 1 is 1.03 bits per heavy atom. The molecule has 0 atom stereocenters. The van der Waals surface area contributed by atoms with Gasteiger partial charge >= 0.3 is 0 Å². The van der Waals surface area contributed by atoms with Gasteiger partial charge in [0.15, 0.2) is 5.69 Å². The van der Waals surface area contributed by atoms with Gasteiger partial charge < -0.3 is 15.2 Å². The lowest BCUT2D eigenvalue weighted by Crippen LogP contribution is -2.25.